The topological polar surface area (TPSA) is 189 Å². The van der Waals surface area contributed by atoms with Crippen LogP contribution in [0.25, 0.3) is 99.2 Å². The fourth-order valence-corrected chi connectivity index (χ4v) is 19.6. The molecule has 107 heavy (non-hydrogen) atoms. The fraction of sp³-hybridized carbons (Fsp3) is 0.416. The van der Waals surface area contributed by atoms with E-state index in [9.17, 15) is 34.5 Å². The van der Waals surface area contributed by atoms with Crippen LogP contribution in [0.5, 0.6) is 0 Å². The maximum Gasteiger partial charge on any atom is 0.352 e. The van der Waals surface area contributed by atoms with Crippen LogP contribution in [0.15, 0.2) is 127 Å². The fourth-order valence-electron chi connectivity index (χ4n) is 19.6. The predicted octanol–water partition coefficient (Wildman–Crippen LogP) is 19.1. The van der Waals surface area contributed by atoms with E-state index in [4.69, 9.17) is 14.2 Å². The van der Waals surface area contributed by atoms with E-state index in [1.165, 1.54) is 199 Å². The number of hydrogen-bond donors (Lipinski definition) is 3. The van der Waals surface area contributed by atoms with Gasteiger partial charge in [0.1, 0.15) is 5.69 Å². The number of aromatic nitrogens is 6. The summed E-state index contributed by atoms with van der Waals surface area (Å²) in [6, 6.07) is 43.5. The zero-order valence-corrected chi connectivity index (χ0v) is 62.5. The van der Waals surface area contributed by atoms with Crippen molar-refractivity contribution in [3.63, 3.8) is 0 Å². The molecule has 0 unspecified atom stereocenters. The lowest BCUT2D eigenvalue weighted by atomic mass is 9.81. The molecule has 6 aromatic carbocycles. The Morgan fingerprint density at radius 1 is 0.421 bits per heavy atom. The SMILES string of the molecule is C1CCOC1.CN(C)Cc1cc2cccc3c2n1CCCn1c-3c(C2CCCCC2)c2ccc(C(=O)O)cc21.COC(=O)c1ccc2c(C3CCCCC3)c3n(c2c1)CCCn1c(C(=O)O)cc2cccc-3c21.COC(=O)c1ccc2c(C3CCCCC3)c3n(c2c1)CCCn1c(CO)cc2cccc-3c21.[B]. The van der Waals surface area contributed by atoms with Gasteiger partial charge in [-0.25, -0.2) is 19.2 Å². The number of ether oxygens (including phenoxy) is 3. The van der Waals surface area contributed by atoms with Crippen LogP contribution in [-0.2, 0) is 66.6 Å². The van der Waals surface area contributed by atoms with Crippen molar-refractivity contribution in [2.45, 2.75) is 199 Å². The zero-order valence-electron chi connectivity index (χ0n) is 62.5. The summed E-state index contributed by atoms with van der Waals surface area (Å²) >= 11 is 0. The second kappa shape index (κ2) is 31.3. The molecule has 553 valence electrons. The predicted molar refractivity (Wildman–Crippen MR) is 426 cm³/mol. The highest BCUT2D eigenvalue weighted by atomic mass is 16.5. The molecular weight excluding hydrogens is 1340 g/mol. The van der Waals surface area contributed by atoms with Gasteiger partial charge in [0.25, 0.3) is 0 Å². The summed E-state index contributed by atoms with van der Waals surface area (Å²) in [5, 5.41) is 36.8. The van der Waals surface area contributed by atoms with Crippen molar-refractivity contribution in [1.82, 2.24) is 32.3 Å². The summed E-state index contributed by atoms with van der Waals surface area (Å²) in [5.74, 6) is -0.858. The number of methoxy groups -OCH3 is 2. The quantitative estimate of drug-likeness (QED) is 0.0873. The van der Waals surface area contributed by atoms with Gasteiger partial charge in [0.05, 0.1) is 71.1 Å². The number of para-hydroxylation sites is 3. The van der Waals surface area contributed by atoms with Gasteiger partial charge in [-0.15, -0.1) is 0 Å². The molecule has 0 spiro atoms. The first kappa shape index (κ1) is 72.9. The van der Waals surface area contributed by atoms with E-state index in [0.29, 0.717) is 46.7 Å². The van der Waals surface area contributed by atoms with E-state index in [0.717, 1.165) is 123 Å². The van der Waals surface area contributed by atoms with Crippen LogP contribution in [0.1, 0.15) is 216 Å². The van der Waals surface area contributed by atoms with Crippen LogP contribution in [0.4, 0.5) is 0 Å². The molecule has 1 saturated heterocycles. The Kier molecular flexibility index (Phi) is 21.3. The lowest BCUT2D eigenvalue weighted by molar-refractivity contribution is 0.0592. The van der Waals surface area contributed by atoms with Gasteiger partial charge in [0, 0.05) is 144 Å². The third-order valence-electron chi connectivity index (χ3n) is 24.1. The molecule has 7 aliphatic rings. The number of nitrogens with zero attached hydrogens (tertiary/aromatic N) is 7. The third-order valence-corrected chi connectivity index (χ3v) is 24.1. The second-order valence-electron chi connectivity index (χ2n) is 30.8. The minimum absolute atomic E-state index is 0. The summed E-state index contributed by atoms with van der Waals surface area (Å²) in [6.07, 6.45) is 24.0. The highest BCUT2D eigenvalue weighted by molar-refractivity contribution is 6.07. The molecule has 12 aromatic rings. The van der Waals surface area contributed by atoms with E-state index < -0.39 is 11.9 Å². The Morgan fingerprint density at radius 3 is 1.16 bits per heavy atom. The van der Waals surface area contributed by atoms with Gasteiger partial charge in [0.15, 0.2) is 0 Å². The third kappa shape index (κ3) is 13.5. The number of aryl methyl sites for hydroxylation is 6. The molecule has 10 heterocycles. The molecule has 0 bridgehead atoms. The van der Waals surface area contributed by atoms with Crippen LogP contribution in [0.2, 0.25) is 0 Å². The van der Waals surface area contributed by atoms with Gasteiger partial charge in [0.2, 0.25) is 0 Å². The van der Waals surface area contributed by atoms with Gasteiger partial charge in [-0.3, -0.25) is 0 Å². The van der Waals surface area contributed by atoms with Gasteiger partial charge < -0.3 is 61.8 Å². The monoisotopic (exact) mass is 1440 g/mol. The van der Waals surface area contributed by atoms with Crippen molar-refractivity contribution in [3.8, 4) is 33.8 Å². The van der Waals surface area contributed by atoms with Crippen LogP contribution < -0.4 is 0 Å². The minimum Gasteiger partial charge on any atom is -0.478 e. The maximum absolute atomic E-state index is 12.4. The number of aliphatic hydroxyl groups is 1. The maximum atomic E-state index is 12.4. The average molecular weight is 1440 g/mol. The van der Waals surface area contributed by atoms with Crippen molar-refractivity contribution in [1.29, 1.82) is 0 Å². The lowest BCUT2D eigenvalue weighted by Crippen LogP contribution is -2.17. The highest BCUT2D eigenvalue weighted by Crippen LogP contribution is 2.51. The van der Waals surface area contributed by atoms with E-state index in [1.54, 1.807) is 12.1 Å². The smallest absolute Gasteiger partial charge is 0.352 e. The van der Waals surface area contributed by atoms with Gasteiger partial charge in [-0.2, -0.15) is 0 Å². The zero-order chi connectivity index (χ0) is 72.9. The first-order chi connectivity index (χ1) is 51.8. The normalized spacial score (nSPS) is 16.7. The number of hydrogen-bond acceptors (Lipinski definition) is 9. The lowest BCUT2D eigenvalue weighted by Gasteiger charge is -2.25. The number of carboxylic acids is 2. The molecule has 0 atom stereocenters. The van der Waals surface area contributed by atoms with Crippen LogP contribution in [0, 0.1) is 0 Å². The van der Waals surface area contributed by atoms with Gasteiger partial charge in [-0.05, 0) is 174 Å². The summed E-state index contributed by atoms with van der Waals surface area (Å²) < 4.78 is 29.1. The van der Waals surface area contributed by atoms with Crippen molar-refractivity contribution in [2.75, 3.05) is 41.5 Å². The first-order valence-corrected chi connectivity index (χ1v) is 39.1. The number of esters is 2. The summed E-state index contributed by atoms with van der Waals surface area (Å²) in [5.41, 5.74) is 22.7. The van der Waals surface area contributed by atoms with Crippen molar-refractivity contribution >= 4 is 97.7 Å². The first-order valence-electron chi connectivity index (χ1n) is 39.1. The van der Waals surface area contributed by atoms with Crippen LogP contribution in [0.3, 0.4) is 0 Å². The number of carbonyl (C=O) groups is 4. The molecule has 4 fully saturated rings. The Bertz CT molecular complexity index is 5360. The number of aromatic carboxylic acids is 2. The molecule has 3 radical (unpaired) electrons. The molecule has 3 aliphatic carbocycles. The number of fused-ring (bicyclic) bond motifs is 12. The molecule has 6 aromatic heterocycles. The number of carboxylic acid groups (broad SMARTS) is 2. The minimum atomic E-state index is -0.890. The highest BCUT2D eigenvalue weighted by Gasteiger charge is 2.35. The number of benzene rings is 6. The van der Waals surface area contributed by atoms with E-state index in [-0.39, 0.29) is 27.0 Å². The van der Waals surface area contributed by atoms with E-state index in [1.807, 2.05) is 47.0 Å². The summed E-state index contributed by atoms with van der Waals surface area (Å²) in [6.45, 7) is 7.99. The molecule has 3 saturated carbocycles. The van der Waals surface area contributed by atoms with Crippen molar-refractivity contribution in [3.05, 3.63) is 178 Å². The Hall–Kier alpha value is -9.62. The molecule has 0 amide bonds. The van der Waals surface area contributed by atoms with E-state index >= 15 is 0 Å². The van der Waals surface area contributed by atoms with Crippen LogP contribution >= 0.6 is 0 Å². The largest absolute Gasteiger partial charge is 0.478 e. The van der Waals surface area contributed by atoms with E-state index in [2.05, 4.69) is 115 Å². The number of rotatable bonds is 10. The number of carbonyl (C=O) groups excluding carboxylic acids is 2. The van der Waals surface area contributed by atoms with Crippen molar-refractivity contribution in [2.24, 2.45) is 0 Å². The van der Waals surface area contributed by atoms with Crippen molar-refractivity contribution < 1.29 is 48.7 Å². The average Bonchev–Trinajstić information content (AvgIpc) is 1.57. The molecule has 4 aliphatic heterocycles. The summed E-state index contributed by atoms with van der Waals surface area (Å²) in [4.78, 5) is 50.8. The van der Waals surface area contributed by atoms with Gasteiger partial charge >= 0.3 is 23.9 Å². The molecular formula is C89H99BN7O10. The molecule has 3 N–H and O–H groups in total. The molecule has 17 nitrogen and oxygen atoms in total. The summed E-state index contributed by atoms with van der Waals surface area (Å²) in [7, 11) is 7.12. The Labute approximate surface area is 627 Å². The number of aliphatic hydroxyl groups excluding tert-OH is 1. The standard InChI is InChI=1S/C29H33N3O2.C28H28N2O4.C28H30N2O3.C4H8O.B/c1-30(2)18-22-16-20-10-6-11-24-27(20)31(22)14-7-15-32-25-17-21(29(33)34)12-13-23(25)26(28(24)32)19-8-4-3-5-9-19;1-34-28(33)19-11-12-20-22(16-19)29-13-6-14-30-23(27(31)32)15-18-9-5-10-21(25(18)30)26(29)24(20)17-7-3-2-4-8-17;1-33-28(32)20-11-12-22-24(16-20)30-14-6-13-29-21(17-31)15-19-9-5-10-23(26(19)29)27(30)25(22)18-7-3-2-4-8-18;1-2-4-5-3-1;/h6,10-13,16-17,19H,3-5,7-9,14-15,18H2,1-2H3,(H,33,34);5,9-12,15-17H,2-4,6-8,13-14H2,1H3,(H,31,32);5,9-12,15-16,18,31H,2-4,6-8,13-14,17H2,1H3;1-4H2;. The Balaban J connectivity index is 0.000000123. The molecule has 19 rings (SSSR count). The van der Waals surface area contributed by atoms with Gasteiger partial charge in [-0.1, -0.05) is 131 Å². The van der Waals surface area contributed by atoms with Crippen LogP contribution in [-0.4, -0.2) is 121 Å². The second-order valence-corrected chi connectivity index (χ2v) is 30.8. The Morgan fingerprint density at radius 2 is 0.785 bits per heavy atom. The molecule has 18 heteroatoms.